The smallest absolute Gasteiger partial charge is 0.130 e. The van der Waals surface area contributed by atoms with Crippen LogP contribution in [0.25, 0.3) is 0 Å². The third-order valence-corrected chi connectivity index (χ3v) is 3.23. The second-order valence-corrected chi connectivity index (χ2v) is 4.32. The van der Waals surface area contributed by atoms with Gasteiger partial charge >= 0.3 is 0 Å². The van der Waals surface area contributed by atoms with E-state index in [2.05, 4.69) is 6.07 Å². The first kappa shape index (κ1) is 11.4. The number of likely N-dealkylation sites (tertiary alicyclic amines) is 1. The van der Waals surface area contributed by atoms with Crippen molar-refractivity contribution in [2.45, 2.75) is 18.9 Å². The zero-order valence-corrected chi connectivity index (χ0v) is 9.54. The number of benzene rings is 1. The monoisotopic (exact) mass is 238 g/mol. The zero-order valence-electron chi connectivity index (χ0n) is 8.79. The lowest BCUT2D eigenvalue weighted by molar-refractivity contribution is 0.288. The molecule has 2 rings (SSSR count). The van der Waals surface area contributed by atoms with Gasteiger partial charge in [-0.3, -0.25) is 4.90 Å². The summed E-state index contributed by atoms with van der Waals surface area (Å²) in [6.45, 7) is 1.67. The van der Waals surface area contributed by atoms with Gasteiger partial charge in [0.1, 0.15) is 11.9 Å². The topological polar surface area (TPSA) is 27.0 Å². The van der Waals surface area contributed by atoms with Crippen molar-refractivity contribution in [3.05, 3.63) is 34.6 Å². The van der Waals surface area contributed by atoms with Crippen molar-refractivity contribution in [3.8, 4) is 6.07 Å². The summed E-state index contributed by atoms with van der Waals surface area (Å²) in [5.41, 5.74) is 0.313. The fraction of sp³-hybridized carbons (Fsp3) is 0.417. The lowest BCUT2D eigenvalue weighted by atomic mass is 10.1. The molecule has 0 N–H and O–H groups in total. The molecular formula is C12H12ClFN2. The molecular weight excluding hydrogens is 227 g/mol. The molecule has 0 radical (unpaired) electrons. The molecule has 1 aliphatic heterocycles. The molecule has 1 aromatic carbocycles. The Morgan fingerprint density at radius 2 is 2.06 bits per heavy atom. The fourth-order valence-corrected chi connectivity index (χ4v) is 2.37. The van der Waals surface area contributed by atoms with Crippen LogP contribution in [0.4, 0.5) is 4.39 Å². The first-order valence-corrected chi connectivity index (χ1v) is 5.69. The molecule has 0 aromatic heterocycles. The van der Waals surface area contributed by atoms with Gasteiger partial charge in [-0.05, 0) is 38.1 Å². The molecule has 4 heteroatoms. The van der Waals surface area contributed by atoms with Crippen LogP contribution in [0.3, 0.4) is 0 Å². The van der Waals surface area contributed by atoms with Crippen LogP contribution >= 0.6 is 11.6 Å². The van der Waals surface area contributed by atoms with E-state index in [-0.39, 0.29) is 0 Å². The van der Waals surface area contributed by atoms with E-state index in [1.54, 1.807) is 12.1 Å². The number of nitriles is 1. The van der Waals surface area contributed by atoms with Crippen molar-refractivity contribution in [2.24, 2.45) is 0 Å². The predicted octanol–water partition coefficient (Wildman–Crippen LogP) is 3.14. The number of hydrogen-bond donors (Lipinski definition) is 0. The quantitative estimate of drug-likeness (QED) is 0.792. The molecule has 0 spiro atoms. The van der Waals surface area contributed by atoms with E-state index in [1.807, 2.05) is 4.90 Å². The minimum Gasteiger partial charge on any atom is -0.284 e. The number of halogens is 2. The molecule has 1 fully saturated rings. The van der Waals surface area contributed by atoms with Crippen molar-refractivity contribution in [3.63, 3.8) is 0 Å². The van der Waals surface area contributed by atoms with E-state index in [9.17, 15) is 9.65 Å². The van der Waals surface area contributed by atoms with Gasteiger partial charge in [0.15, 0.2) is 0 Å². The highest BCUT2D eigenvalue weighted by Gasteiger charge is 2.27. The maximum Gasteiger partial charge on any atom is 0.130 e. The molecule has 1 atom stereocenters. The van der Waals surface area contributed by atoms with Gasteiger partial charge < -0.3 is 0 Å². The Bertz CT molecular complexity index is 401. The average molecular weight is 239 g/mol. The van der Waals surface area contributed by atoms with Gasteiger partial charge in [0.05, 0.1) is 6.07 Å². The van der Waals surface area contributed by atoms with Gasteiger partial charge in [-0.25, -0.2) is 4.39 Å². The Hall–Kier alpha value is -1.11. The molecule has 0 bridgehead atoms. The third kappa shape index (κ3) is 2.04. The second kappa shape index (κ2) is 4.82. The summed E-state index contributed by atoms with van der Waals surface area (Å²) in [4.78, 5) is 1.98. The normalized spacial score (nSPS) is 18.3. The van der Waals surface area contributed by atoms with E-state index in [0.29, 0.717) is 10.6 Å². The van der Waals surface area contributed by atoms with E-state index >= 15 is 0 Å². The molecule has 84 valence electrons. The minimum atomic E-state index is -0.559. The molecule has 2 nitrogen and oxygen atoms in total. The lowest BCUT2D eigenvalue weighted by Crippen LogP contribution is -2.25. The van der Waals surface area contributed by atoms with Crippen LogP contribution in [0.15, 0.2) is 18.2 Å². The van der Waals surface area contributed by atoms with Gasteiger partial charge in [0.25, 0.3) is 0 Å². The maximum absolute atomic E-state index is 13.7. The van der Waals surface area contributed by atoms with Gasteiger partial charge in [-0.1, -0.05) is 17.7 Å². The van der Waals surface area contributed by atoms with Crippen LogP contribution in [-0.4, -0.2) is 18.0 Å². The van der Waals surface area contributed by atoms with Crippen molar-refractivity contribution < 1.29 is 4.39 Å². The Kier molecular flexibility index (Phi) is 3.42. The highest BCUT2D eigenvalue weighted by molar-refractivity contribution is 6.31. The highest BCUT2D eigenvalue weighted by atomic mass is 35.5. The van der Waals surface area contributed by atoms with Crippen molar-refractivity contribution in [1.29, 1.82) is 5.26 Å². The van der Waals surface area contributed by atoms with Crippen LogP contribution in [0, 0.1) is 17.1 Å². The molecule has 1 aromatic rings. The molecule has 1 heterocycles. The Balaban J connectivity index is 2.37. The molecule has 0 unspecified atom stereocenters. The van der Waals surface area contributed by atoms with Gasteiger partial charge in [-0.15, -0.1) is 0 Å². The first-order valence-electron chi connectivity index (χ1n) is 5.31. The summed E-state index contributed by atoms with van der Waals surface area (Å²) in [5, 5.41) is 9.50. The minimum absolute atomic E-state index is 0.313. The molecule has 1 saturated heterocycles. The molecule has 1 aliphatic rings. The van der Waals surface area contributed by atoms with Crippen molar-refractivity contribution in [1.82, 2.24) is 4.90 Å². The van der Waals surface area contributed by atoms with Crippen molar-refractivity contribution >= 4 is 11.6 Å². The number of hydrogen-bond acceptors (Lipinski definition) is 2. The molecule has 16 heavy (non-hydrogen) atoms. The van der Waals surface area contributed by atoms with E-state index in [0.717, 1.165) is 25.9 Å². The van der Waals surface area contributed by atoms with E-state index < -0.39 is 11.9 Å². The molecule has 0 saturated carbocycles. The lowest BCUT2D eigenvalue weighted by Gasteiger charge is -2.22. The van der Waals surface area contributed by atoms with Crippen LogP contribution in [0.2, 0.25) is 5.02 Å². The maximum atomic E-state index is 13.7. The Labute approximate surface area is 99.2 Å². The zero-order chi connectivity index (χ0) is 11.5. The number of nitrogens with zero attached hydrogens (tertiary/aromatic N) is 2. The SMILES string of the molecule is N#C[C@H](c1c(F)cccc1Cl)N1CCCC1. The summed E-state index contributed by atoms with van der Waals surface area (Å²) in [6.07, 6.45) is 2.12. The van der Waals surface area contributed by atoms with Crippen LogP contribution < -0.4 is 0 Å². The fourth-order valence-electron chi connectivity index (χ4n) is 2.10. The van der Waals surface area contributed by atoms with Crippen LogP contribution in [0.5, 0.6) is 0 Å². The van der Waals surface area contributed by atoms with Gasteiger partial charge in [-0.2, -0.15) is 5.26 Å². The second-order valence-electron chi connectivity index (χ2n) is 3.91. The van der Waals surface area contributed by atoms with Gasteiger partial charge in [0.2, 0.25) is 0 Å². The summed E-state index contributed by atoms with van der Waals surface area (Å²) >= 11 is 5.96. The van der Waals surface area contributed by atoms with E-state index in [4.69, 9.17) is 11.6 Å². The van der Waals surface area contributed by atoms with Crippen LogP contribution in [-0.2, 0) is 0 Å². The largest absolute Gasteiger partial charge is 0.284 e. The predicted molar refractivity (Wildman–Crippen MR) is 60.6 cm³/mol. The molecule has 0 aliphatic carbocycles. The third-order valence-electron chi connectivity index (χ3n) is 2.90. The Morgan fingerprint density at radius 3 is 2.62 bits per heavy atom. The summed E-state index contributed by atoms with van der Waals surface area (Å²) in [7, 11) is 0. The summed E-state index contributed by atoms with van der Waals surface area (Å²) in [5.74, 6) is -0.397. The highest BCUT2D eigenvalue weighted by Crippen LogP contribution is 2.31. The van der Waals surface area contributed by atoms with E-state index in [1.165, 1.54) is 6.07 Å². The molecule has 0 amide bonds. The number of rotatable bonds is 2. The van der Waals surface area contributed by atoms with Crippen LogP contribution in [0.1, 0.15) is 24.4 Å². The standard InChI is InChI=1S/C12H12ClFN2/c13-9-4-3-5-10(14)12(9)11(8-15)16-6-1-2-7-16/h3-5,11H,1-2,6-7H2/t11-/m1/s1. The Morgan fingerprint density at radius 1 is 1.38 bits per heavy atom. The van der Waals surface area contributed by atoms with Gasteiger partial charge in [0, 0.05) is 10.6 Å². The average Bonchev–Trinajstić information content (AvgIpc) is 2.77. The summed E-state index contributed by atoms with van der Waals surface area (Å²) in [6, 6.07) is 6.11. The first-order chi connectivity index (χ1) is 7.74. The van der Waals surface area contributed by atoms with Crippen molar-refractivity contribution in [2.75, 3.05) is 13.1 Å². The summed E-state index contributed by atoms with van der Waals surface area (Å²) < 4.78 is 13.7.